The van der Waals surface area contributed by atoms with Gasteiger partial charge in [0, 0.05) is 6.04 Å². The van der Waals surface area contributed by atoms with E-state index in [2.05, 4.69) is 26.1 Å². The highest BCUT2D eigenvalue weighted by atomic mass is 16.5. The van der Waals surface area contributed by atoms with Crippen LogP contribution in [-0.2, 0) is 17.9 Å². The first kappa shape index (κ1) is 13.6. The predicted octanol–water partition coefficient (Wildman–Crippen LogP) is 3.48. The minimum absolute atomic E-state index is 0.295. The van der Waals surface area contributed by atoms with Crippen molar-refractivity contribution in [1.29, 1.82) is 0 Å². The molecule has 0 amide bonds. The molecule has 1 atom stereocenters. The van der Waals surface area contributed by atoms with Crippen molar-refractivity contribution in [3.8, 4) is 0 Å². The Morgan fingerprint density at radius 3 is 2.67 bits per heavy atom. The molecule has 0 bridgehead atoms. The van der Waals surface area contributed by atoms with Crippen LogP contribution in [0.2, 0.25) is 0 Å². The fourth-order valence-electron chi connectivity index (χ4n) is 2.08. The minimum Gasteiger partial charge on any atom is -0.462 e. The summed E-state index contributed by atoms with van der Waals surface area (Å²) < 4.78 is 11.5. The van der Waals surface area contributed by atoms with E-state index in [1.807, 2.05) is 12.1 Å². The van der Waals surface area contributed by atoms with Crippen LogP contribution >= 0.6 is 0 Å². The van der Waals surface area contributed by atoms with Crippen molar-refractivity contribution < 1.29 is 9.15 Å². The maximum Gasteiger partial charge on any atom is 0.129 e. The lowest BCUT2D eigenvalue weighted by Gasteiger charge is -2.14. The SMILES string of the molecule is CC(C)CC(C)OCc1ccc(CNC2CC2)o1. The van der Waals surface area contributed by atoms with Crippen molar-refractivity contribution in [2.45, 2.75) is 65.3 Å². The summed E-state index contributed by atoms with van der Waals surface area (Å²) in [5, 5.41) is 3.44. The third-order valence-electron chi connectivity index (χ3n) is 3.17. The molecule has 1 aromatic rings. The highest BCUT2D eigenvalue weighted by Gasteiger charge is 2.20. The van der Waals surface area contributed by atoms with Crippen LogP contribution in [0.3, 0.4) is 0 Å². The van der Waals surface area contributed by atoms with Crippen molar-refractivity contribution in [3.05, 3.63) is 23.7 Å². The quantitative estimate of drug-likeness (QED) is 0.768. The van der Waals surface area contributed by atoms with E-state index in [0.29, 0.717) is 18.6 Å². The maximum atomic E-state index is 5.78. The maximum absolute atomic E-state index is 5.78. The second-order valence-electron chi connectivity index (χ2n) is 5.77. The van der Waals surface area contributed by atoms with Crippen LogP contribution in [0, 0.1) is 5.92 Å². The molecule has 1 N–H and O–H groups in total. The molecule has 102 valence electrons. The Balaban J connectivity index is 1.68. The molecule has 0 radical (unpaired) electrons. The van der Waals surface area contributed by atoms with E-state index in [1.165, 1.54) is 12.8 Å². The molecule has 18 heavy (non-hydrogen) atoms. The zero-order chi connectivity index (χ0) is 13.0. The Morgan fingerprint density at radius 2 is 2.00 bits per heavy atom. The molecule has 1 unspecified atom stereocenters. The number of hydrogen-bond donors (Lipinski definition) is 1. The van der Waals surface area contributed by atoms with Gasteiger partial charge in [0.2, 0.25) is 0 Å². The van der Waals surface area contributed by atoms with Gasteiger partial charge in [-0.25, -0.2) is 0 Å². The van der Waals surface area contributed by atoms with Crippen molar-refractivity contribution in [1.82, 2.24) is 5.32 Å². The lowest BCUT2D eigenvalue weighted by molar-refractivity contribution is 0.0298. The Hall–Kier alpha value is -0.800. The number of rotatable bonds is 8. The van der Waals surface area contributed by atoms with Gasteiger partial charge in [0.05, 0.1) is 12.6 Å². The molecule has 1 aromatic heterocycles. The first-order valence-corrected chi connectivity index (χ1v) is 7.06. The van der Waals surface area contributed by atoms with Crippen molar-refractivity contribution in [2.24, 2.45) is 5.92 Å². The number of ether oxygens (including phenoxy) is 1. The normalized spacial score (nSPS) is 17.3. The highest BCUT2D eigenvalue weighted by Crippen LogP contribution is 2.20. The van der Waals surface area contributed by atoms with Crippen LogP contribution in [-0.4, -0.2) is 12.1 Å². The largest absolute Gasteiger partial charge is 0.462 e. The minimum atomic E-state index is 0.295. The van der Waals surface area contributed by atoms with Crippen LogP contribution < -0.4 is 5.32 Å². The van der Waals surface area contributed by atoms with E-state index in [4.69, 9.17) is 9.15 Å². The molecule has 0 aliphatic heterocycles. The monoisotopic (exact) mass is 251 g/mol. The molecule has 1 saturated carbocycles. The fourth-order valence-corrected chi connectivity index (χ4v) is 2.08. The summed E-state index contributed by atoms with van der Waals surface area (Å²) in [6.45, 7) is 7.98. The first-order valence-electron chi connectivity index (χ1n) is 7.06. The number of furan rings is 1. The Kier molecular flexibility index (Phi) is 4.84. The van der Waals surface area contributed by atoms with Gasteiger partial charge >= 0.3 is 0 Å². The van der Waals surface area contributed by atoms with Gasteiger partial charge in [-0.05, 0) is 44.2 Å². The lowest BCUT2D eigenvalue weighted by atomic mass is 10.1. The van der Waals surface area contributed by atoms with Gasteiger partial charge in [0.15, 0.2) is 0 Å². The summed E-state index contributed by atoms with van der Waals surface area (Å²) in [7, 11) is 0. The third kappa shape index (κ3) is 4.83. The average Bonchev–Trinajstić information content (AvgIpc) is 3.02. The second-order valence-corrected chi connectivity index (χ2v) is 5.77. The van der Waals surface area contributed by atoms with E-state index in [-0.39, 0.29) is 0 Å². The van der Waals surface area contributed by atoms with Gasteiger partial charge in [0.25, 0.3) is 0 Å². The van der Waals surface area contributed by atoms with Crippen molar-refractivity contribution in [3.63, 3.8) is 0 Å². The number of nitrogens with one attached hydrogen (secondary N) is 1. The number of hydrogen-bond acceptors (Lipinski definition) is 3. The molecular formula is C15H25NO2. The molecule has 1 fully saturated rings. The summed E-state index contributed by atoms with van der Waals surface area (Å²) in [6.07, 6.45) is 4.01. The summed E-state index contributed by atoms with van der Waals surface area (Å²) in [6, 6.07) is 4.79. The molecule has 0 saturated heterocycles. The van der Waals surface area contributed by atoms with E-state index in [1.54, 1.807) is 0 Å². The summed E-state index contributed by atoms with van der Waals surface area (Å²) >= 11 is 0. The average molecular weight is 251 g/mol. The smallest absolute Gasteiger partial charge is 0.129 e. The van der Waals surface area contributed by atoms with E-state index in [0.717, 1.165) is 30.5 Å². The lowest BCUT2D eigenvalue weighted by Crippen LogP contribution is -2.14. The predicted molar refractivity (Wildman–Crippen MR) is 72.3 cm³/mol. The Labute approximate surface area is 110 Å². The van der Waals surface area contributed by atoms with Crippen LogP contribution in [0.25, 0.3) is 0 Å². The van der Waals surface area contributed by atoms with Crippen molar-refractivity contribution >= 4 is 0 Å². The van der Waals surface area contributed by atoms with Gasteiger partial charge in [0.1, 0.15) is 18.1 Å². The standard InChI is InChI=1S/C15H25NO2/c1-11(2)8-12(3)17-10-15-7-6-14(18-15)9-16-13-4-5-13/h6-7,11-13,16H,4-5,8-10H2,1-3H3. The van der Waals surface area contributed by atoms with Gasteiger partial charge in [-0.2, -0.15) is 0 Å². The van der Waals surface area contributed by atoms with Gasteiger partial charge in [-0.15, -0.1) is 0 Å². The van der Waals surface area contributed by atoms with Crippen LogP contribution in [0.4, 0.5) is 0 Å². The molecule has 1 heterocycles. The molecule has 0 spiro atoms. The Bertz CT molecular complexity index is 355. The molecule has 3 heteroatoms. The molecule has 1 aliphatic carbocycles. The van der Waals surface area contributed by atoms with Crippen LogP contribution in [0.1, 0.15) is 51.6 Å². The third-order valence-corrected chi connectivity index (χ3v) is 3.17. The van der Waals surface area contributed by atoms with Crippen molar-refractivity contribution in [2.75, 3.05) is 0 Å². The van der Waals surface area contributed by atoms with Crippen LogP contribution in [0.15, 0.2) is 16.5 Å². The molecular weight excluding hydrogens is 226 g/mol. The van der Waals surface area contributed by atoms with E-state index < -0.39 is 0 Å². The zero-order valence-electron chi connectivity index (χ0n) is 11.7. The molecule has 1 aliphatic rings. The van der Waals surface area contributed by atoms with Gasteiger partial charge in [-0.1, -0.05) is 13.8 Å². The summed E-state index contributed by atoms with van der Waals surface area (Å²) in [5.74, 6) is 2.62. The topological polar surface area (TPSA) is 34.4 Å². The Morgan fingerprint density at radius 1 is 1.28 bits per heavy atom. The highest BCUT2D eigenvalue weighted by molar-refractivity contribution is 5.06. The fraction of sp³-hybridized carbons (Fsp3) is 0.733. The first-order chi connectivity index (χ1) is 8.63. The summed E-state index contributed by atoms with van der Waals surface area (Å²) in [5.41, 5.74) is 0. The van der Waals surface area contributed by atoms with E-state index in [9.17, 15) is 0 Å². The summed E-state index contributed by atoms with van der Waals surface area (Å²) in [4.78, 5) is 0. The molecule has 2 rings (SSSR count). The zero-order valence-corrected chi connectivity index (χ0v) is 11.7. The molecule has 0 aromatic carbocycles. The van der Waals surface area contributed by atoms with Gasteiger partial charge < -0.3 is 14.5 Å². The van der Waals surface area contributed by atoms with Crippen LogP contribution in [0.5, 0.6) is 0 Å². The molecule has 3 nitrogen and oxygen atoms in total. The second kappa shape index (κ2) is 6.39. The van der Waals surface area contributed by atoms with E-state index >= 15 is 0 Å². The van der Waals surface area contributed by atoms with Gasteiger partial charge in [-0.3, -0.25) is 0 Å².